The van der Waals surface area contributed by atoms with E-state index in [2.05, 4.69) is 0 Å². The first-order valence-electron chi connectivity index (χ1n) is 4.82. The summed E-state index contributed by atoms with van der Waals surface area (Å²) < 4.78 is 26.2. The third-order valence-corrected chi connectivity index (χ3v) is 2.43. The molecule has 1 aromatic carbocycles. The van der Waals surface area contributed by atoms with Crippen molar-refractivity contribution in [2.75, 3.05) is 0 Å². The van der Waals surface area contributed by atoms with E-state index in [1.165, 1.54) is 12.1 Å². The van der Waals surface area contributed by atoms with Crippen LogP contribution in [0.15, 0.2) is 18.2 Å². The van der Waals surface area contributed by atoms with Gasteiger partial charge in [-0.3, -0.25) is 0 Å². The normalized spacial score (nSPS) is 15.4. The highest BCUT2D eigenvalue weighted by molar-refractivity contribution is 5.22. The molecule has 0 aliphatic heterocycles. The van der Waals surface area contributed by atoms with Crippen molar-refractivity contribution in [3.63, 3.8) is 0 Å². The lowest BCUT2D eigenvalue weighted by atomic mass is 9.94. The molecular formula is C11H15F2NO. The molecule has 0 radical (unpaired) electrons. The Bertz CT molecular complexity index is 341. The molecule has 0 aliphatic rings. The summed E-state index contributed by atoms with van der Waals surface area (Å²) in [6.45, 7) is 3.62. The van der Waals surface area contributed by atoms with Crippen molar-refractivity contribution in [1.82, 2.24) is 0 Å². The van der Waals surface area contributed by atoms with Crippen molar-refractivity contribution in [2.24, 2.45) is 11.7 Å². The van der Waals surface area contributed by atoms with Crippen LogP contribution in [-0.2, 0) is 0 Å². The molecule has 0 aliphatic carbocycles. The van der Waals surface area contributed by atoms with Crippen LogP contribution in [0.1, 0.15) is 25.5 Å². The molecule has 0 bridgehead atoms. The van der Waals surface area contributed by atoms with Crippen molar-refractivity contribution >= 4 is 0 Å². The summed E-state index contributed by atoms with van der Waals surface area (Å²) in [7, 11) is 0. The molecule has 4 heteroatoms. The predicted octanol–water partition coefficient (Wildman–Crippen LogP) is 1.98. The number of benzene rings is 1. The topological polar surface area (TPSA) is 46.2 Å². The van der Waals surface area contributed by atoms with Crippen molar-refractivity contribution in [1.29, 1.82) is 0 Å². The molecule has 0 saturated carbocycles. The number of rotatable bonds is 3. The molecule has 0 heterocycles. The predicted molar refractivity (Wildman–Crippen MR) is 54.1 cm³/mol. The standard InChI is InChI=1S/C11H15F2NO/c1-6(2)10(14)11(15)7-4-3-5-8(12)9(7)13/h3-6,10-11,15H,14H2,1-2H3. The van der Waals surface area contributed by atoms with Gasteiger partial charge >= 0.3 is 0 Å². The van der Waals surface area contributed by atoms with E-state index in [0.29, 0.717) is 0 Å². The number of nitrogens with two attached hydrogens (primary N) is 1. The van der Waals surface area contributed by atoms with Gasteiger partial charge in [0, 0.05) is 11.6 Å². The summed E-state index contributed by atoms with van der Waals surface area (Å²) in [4.78, 5) is 0. The summed E-state index contributed by atoms with van der Waals surface area (Å²) >= 11 is 0. The van der Waals surface area contributed by atoms with Crippen molar-refractivity contribution in [3.05, 3.63) is 35.4 Å². The lowest BCUT2D eigenvalue weighted by molar-refractivity contribution is 0.121. The first-order chi connectivity index (χ1) is 6.95. The van der Waals surface area contributed by atoms with Crippen molar-refractivity contribution in [2.45, 2.75) is 26.0 Å². The van der Waals surface area contributed by atoms with Gasteiger partial charge in [-0.1, -0.05) is 26.0 Å². The summed E-state index contributed by atoms with van der Waals surface area (Å²) in [5.41, 5.74) is 5.59. The van der Waals surface area contributed by atoms with E-state index < -0.39 is 23.8 Å². The molecule has 2 unspecified atom stereocenters. The quantitative estimate of drug-likeness (QED) is 0.809. The van der Waals surface area contributed by atoms with Gasteiger partial charge in [-0.2, -0.15) is 0 Å². The molecule has 0 spiro atoms. The van der Waals surface area contributed by atoms with Gasteiger partial charge < -0.3 is 10.8 Å². The van der Waals surface area contributed by atoms with E-state index in [9.17, 15) is 13.9 Å². The number of aliphatic hydroxyl groups is 1. The van der Waals surface area contributed by atoms with E-state index in [1.807, 2.05) is 13.8 Å². The van der Waals surface area contributed by atoms with Gasteiger partial charge in [0.25, 0.3) is 0 Å². The van der Waals surface area contributed by atoms with Gasteiger partial charge in [0.2, 0.25) is 0 Å². The van der Waals surface area contributed by atoms with Crippen LogP contribution >= 0.6 is 0 Å². The molecule has 1 rings (SSSR count). The minimum atomic E-state index is -1.18. The molecule has 0 saturated heterocycles. The second-order valence-corrected chi connectivity index (χ2v) is 3.91. The number of halogens is 2. The highest BCUT2D eigenvalue weighted by Crippen LogP contribution is 2.24. The van der Waals surface area contributed by atoms with E-state index in [0.717, 1.165) is 6.07 Å². The summed E-state index contributed by atoms with van der Waals surface area (Å²) in [6.07, 6.45) is -1.18. The zero-order valence-corrected chi connectivity index (χ0v) is 8.74. The molecule has 1 aromatic rings. The Morgan fingerprint density at radius 1 is 1.27 bits per heavy atom. The third-order valence-electron chi connectivity index (χ3n) is 2.43. The van der Waals surface area contributed by atoms with Crippen LogP contribution in [0.4, 0.5) is 8.78 Å². The third kappa shape index (κ3) is 2.52. The smallest absolute Gasteiger partial charge is 0.164 e. The zero-order valence-electron chi connectivity index (χ0n) is 8.74. The molecule has 15 heavy (non-hydrogen) atoms. The summed E-state index contributed by atoms with van der Waals surface area (Å²) in [6, 6.07) is 3.09. The van der Waals surface area contributed by atoms with Gasteiger partial charge in [0.15, 0.2) is 11.6 Å². The number of aliphatic hydroxyl groups excluding tert-OH is 1. The van der Waals surface area contributed by atoms with Crippen molar-refractivity contribution in [3.8, 4) is 0 Å². The lowest BCUT2D eigenvalue weighted by Crippen LogP contribution is -2.34. The molecule has 0 amide bonds. The van der Waals surface area contributed by atoms with Gasteiger partial charge in [-0.25, -0.2) is 8.78 Å². The van der Waals surface area contributed by atoms with E-state index in [-0.39, 0.29) is 11.5 Å². The Balaban J connectivity index is 3.01. The fourth-order valence-corrected chi connectivity index (χ4v) is 1.32. The van der Waals surface area contributed by atoms with E-state index in [1.54, 1.807) is 0 Å². The maximum atomic E-state index is 13.3. The first-order valence-corrected chi connectivity index (χ1v) is 4.82. The van der Waals surface area contributed by atoms with Gasteiger partial charge in [0.05, 0.1) is 6.10 Å². The SMILES string of the molecule is CC(C)C(N)C(O)c1cccc(F)c1F. The largest absolute Gasteiger partial charge is 0.387 e. The van der Waals surface area contributed by atoms with Gasteiger partial charge in [-0.05, 0) is 12.0 Å². The van der Waals surface area contributed by atoms with Crippen LogP contribution in [0.25, 0.3) is 0 Å². The second-order valence-electron chi connectivity index (χ2n) is 3.91. The van der Waals surface area contributed by atoms with E-state index in [4.69, 9.17) is 5.73 Å². The summed E-state index contributed by atoms with van der Waals surface area (Å²) in [5.74, 6) is -2.01. The molecular weight excluding hydrogens is 200 g/mol. The number of hydrogen-bond donors (Lipinski definition) is 2. The number of hydrogen-bond acceptors (Lipinski definition) is 2. The van der Waals surface area contributed by atoms with Crippen LogP contribution in [0.3, 0.4) is 0 Å². The second kappa shape index (κ2) is 4.68. The Hall–Kier alpha value is -1.00. The van der Waals surface area contributed by atoms with Crippen LogP contribution < -0.4 is 5.73 Å². The first kappa shape index (κ1) is 12.1. The fraction of sp³-hybridized carbons (Fsp3) is 0.455. The van der Waals surface area contributed by atoms with Crippen LogP contribution in [0.5, 0.6) is 0 Å². The zero-order chi connectivity index (χ0) is 11.6. The average molecular weight is 215 g/mol. The Kier molecular flexibility index (Phi) is 3.77. The monoisotopic (exact) mass is 215 g/mol. The molecule has 0 fully saturated rings. The van der Waals surface area contributed by atoms with Gasteiger partial charge in [0.1, 0.15) is 0 Å². The van der Waals surface area contributed by atoms with Crippen LogP contribution in [0.2, 0.25) is 0 Å². The Labute approximate surface area is 87.7 Å². The molecule has 84 valence electrons. The molecule has 3 N–H and O–H groups in total. The minimum Gasteiger partial charge on any atom is -0.387 e. The van der Waals surface area contributed by atoms with Crippen LogP contribution in [0, 0.1) is 17.6 Å². The minimum absolute atomic E-state index is 0.0114. The van der Waals surface area contributed by atoms with Crippen LogP contribution in [-0.4, -0.2) is 11.1 Å². The fourth-order valence-electron chi connectivity index (χ4n) is 1.32. The Morgan fingerprint density at radius 2 is 1.87 bits per heavy atom. The summed E-state index contributed by atoms with van der Waals surface area (Å²) in [5, 5.41) is 9.73. The molecule has 2 atom stereocenters. The maximum absolute atomic E-state index is 13.3. The highest BCUT2D eigenvalue weighted by Gasteiger charge is 2.23. The average Bonchev–Trinajstić information content (AvgIpc) is 2.20. The molecule has 0 aromatic heterocycles. The lowest BCUT2D eigenvalue weighted by Gasteiger charge is -2.22. The highest BCUT2D eigenvalue weighted by atomic mass is 19.2. The van der Waals surface area contributed by atoms with E-state index >= 15 is 0 Å². The molecule has 2 nitrogen and oxygen atoms in total. The van der Waals surface area contributed by atoms with Crippen molar-refractivity contribution < 1.29 is 13.9 Å². The maximum Gasteiger partial charge on any atom is 0.164 e. The van der Waals surface area contributed by atoms with Gasteiger partial charge in [-0.15, -0.1) is 0 Å². The Morgan fingerprint density at radius 3 is 2.40 bits per heavy atom.